The van der Waals surface area contributed by atoms with Crippen LogP contribution in [0.15, 0.2) is 24.3 Å². The molecule has 0 aromatic heterocycles. The first-order valence-electron chi connectivity index (χ1n) is 5.83. The van der Waals surface area contributed by atoms with Gasteiger partial charge in [0.25, 0.3) is 0 Å². The van der Waals surface area contributed by atoms with Crippen molar-refractivity contribution in [2.75, 3.05) is 0 Å². The maximum atomic E-state index is 9.49. The molecule has 90 valence electrons. The Hall–Kier alpha value is -1.05. The van der Waals surface area contributed by atoms with Crippen molar-refractivity contribution in [2.45, 2.75) is 40.0 Å². The molecule has 0 N–H and O–H groups in total. The number of carboxylic acids is 1. The number of rotatable bonds is 1. The normalized spacial score (nSPS) is 29.6. The Morgan fingerprint density at radius 1 is 1.44 bits per heavy atom. The van der Waals surface area contributed by atoms with Crippen molar-refractivity contribution in [1.29, 1.82) is 0 Å². The Balaban J connectivity index is 0.000000187. The molecule has 0 spiro atoms. The first-order chi connectivity index (χ1) is 7.26. The highest BCUT2D eigenvalue weighted by Gasteiger charge is 2.47. The Kier molecular flexibility index (Phi) is 3.61. The number of aliphatic carboxylic acids is 1. The van der Waals surface area contributed by atoms with E-state index in [-0.39, 0.29) is 5.57 Å². The van der Waals surface area contributed by atoms with Gasteiger partial charge in [0.2, 0.25) is 0 Å². The van der Waals surface area contributed by atoms with E-state index in [0.717, 1.165) is 11.8 Å². The second-order valence-electron chi connectivity index (χ2n) is 5.52. The standard InChI is InChI=1S/C10H16.C4H6O2/c1-7-8-4-5-9(6-8)10(7,2)3;1-3(2)4(5)6/h8-9H,1,4-6H2,2-3H3;1H2,2H3,(H,5,6)/p-1. The third kappa shape index (κ3) is 2.37. The van der Waals surface area contributed by atoms with Crippen LogP contribution in [-0.4, -0.2) is 5.97 Å². The molecule has 2 rings (SSSR count). The summed E-state index contributed by atoms with van der Waals surface area (Å²) in [4.78, 5) is 9.49. The van der Waals surface area contributed by atoms with Crippen molar-refractivity contribution in [3.8, 4) is 0 Å². The molecule has 2 aliphatic rings. The molecule has 2 aliphatic carbocycles. The zero-order valence-electron chi connectivity index (χ0n) is 10.5. The Morgan fingerprint density at radius 3 is 2.12 bits per heavy atom. The average molecular weight is 221 g/mol. The van der Waals surface area contributed by atoms with E-state index in [4.69, 9.17) is 0 Å². The Bertz CT molecular complexity index is 314. The Labute approximate surface area is 98.1 Å². The summed E-state index contributed by atoms with van der Waals surface area (Å²) in [5.41, 5.74) is 2.07. The highest BCUT2D eigenvalue weighted by molar-refractivity contribution is 5.82. The lowest BCUT2D eigenvalue weighted by molar-refractivity contribution is -0.299. The fourth-order valence-corrected chi connectivity index (χ4v) is 2.74. The topological polar surface area (TPSA) is 40.1 Å². The van der Waals surface area contributed by atoms with Crippen molar-refractivity contribution < 1.29 is 9.90 Å². The van der Waals surface area contributed by atoms with Gasteiger partial charge in [-0.25, -0.2) is 0 Å². The molecule has 2 fully saturated rings. The molecule has 2 unspecified atom stereocenters. The van der Waals surface area contributed by atoms with Gasteiger partial charge in [0.15, 0.2) is 0 Å². The smallest absolute Gasteiger partial charge is 0.0666 e. The summed E-state index contributed by atoms with van der Waals surface area (Å²) in [5.74, 6) is 0.667. The minimum Gasteiger partial charge on any atom is -0.545 e. The molecule has 0 saturated heterocycles. The summed E-state index contributed by atoms with van der Waals surface area (Å²) < 4.78 is 0. The maximum Gasteiger partial charge on any atom is 0.0666 e. The number of carbonyl (C=O) groups excluding carboxylic acids is 1. The van der Waals surface area contributed by atoms with Crippen LogP contribution in [-0.2, 0) is 4.79 Å². The zero-order chi connectivity index (χ0) is 12.5. The lowest BCUT2D eigenvalue weighted by atomic mass is 9.73. The van der Waals surface area contributed by atoms with Gasteiger partial charge in [-0.2, -0.15) is 0 Å². The molecular formula is C14H21O2-. The molecule has 2 saturated carbocycles. The fourth-order valence-electron chi connectivity index (χ4n) is 2.74. The SMILES string of the molecule is C=C(C)C(=O)[O-].C=C1C2CCC(C2)C1(C)C. The molecule has 2 atom stereocenters. The van der Waals surface area contributed by atoms with Gasteiger partial charge < -0.3 is 9.90 Å². The van der Waals surface area contributed by atoms with Crippen LogP contribution in [0.4, 0.5) is 0 Å². The number of carbonyl (C=O) groups is 1. The molecule has 2 nitrogen and oxygen atoms in total. The monoisotopic (exact) mass is 221 g/mol. The zero-order valence-corrected chi connectivity index (χ0v) is 10.5. The number of fused-ring (bicyclic) bond motifs is 2. The summed E-state index contributed by atoms with van der Waals surface area (Å²) in [6, 6.07) is 0. The van der Waals surface area contributed by atoms with Crippen LogP contribution in [0.3, 0.4) is 0 Å². The van der Waals surface area contributed by atoms with Gasteiger partial charge in [-0.3, -0.25) is 0 Å². The van der Waals surface area contributed by atoms with Gasteiger partial charge in [-0.05, 0) is 49.0 Å². The van der Waals surface area contributed by atoms with E-state index in [2.05, 4.69) is 27.0 Å². The summed E-state index contributed by atoms with van der Waals surface area (Å²) in [6.07, 6.45) is 4.31. The molecule has 0 heterocycles. The van der Waals surface area contributed by atoms with Gasteiger partial charge in [0, 0.05) is 0 Å². The summed E-state index contributed by atoms with van der Waals surface area (Å²) in [5, 5.41) is 9.49. The van der Waals surface area contributed by atoms with E-state index >= 15 is 0 Å². The largest absolute Gasteiger partial charge is 0.545 e. The van der Waals surface area contributed by atoms with Crippen molar-refractivity contribution in [1.82, 2.24) is 0 Å². The molecule has 16 heavy (non-hydrogen) atoms. The first-order valence-corrected chi connectivity index (χ1v) is 5.83. The van der Waals surface area contributed by atoms with Crippen LogP contribution < -0.4 is 5.11 Å². The van der Waals surface area contributed by atoms with Crippen LogP contribution in [0.2, 0.25) is 0 Å². The van der Waals surface area contributed by atoms with Gasteiger partial charge >= 0.3 is 0 Å². The number of hydrogen-bond donors (Lipinski definition) is 0. The molecular weight excluding hydrogens is 200 g/mol. The van der Waals surface area contributed by atoms with E-state index in [1.54, 1.807) is 0 Å². The molecule has 2 bridgehead atoms. The second kappa shape index (κ2) is 4.44. The molecule has 0 radical (unpaired) electrons. The van der Waals surface area contributed by atoms with Gasteiger partial charge in [-0.15, -0.1) is 0 Å². The molecule has 0 aromatic carbocycles. The number of hydrogen-bond acceptors (Lipinski definition) is 2. The molecule has 2 heteroatoms. The maximum absolute atomic E-state index is 9.49. The van der Waals surface area contributed by atoms with Crippen LogP contribution in [0, 0.1) is 17.3 Å². The van der Waals surface area contributed by atoms with E-state index in [1.807, 2.05) is 0 Å². The molecule has 0 aromatic rings. The predicted octanol–water partition coefficient (Wildman–Crippen LogP) is 2.31. The van der Waals surface area contributed by atoms with Crippen LogP contribution in [0.1, 0.15) is 40.0 Å². The number of allylic oxidation sites excluding steroid dienone is 1. The third-order valence-electron chi connectivity index (χ3n) is 4.12. The van der Waals surface area contributed by atoms with Crippen LogP contribution >= 0.6 is 0 Å². The third-order valence-corrected chi connectivity index (χ3v) is 4.12. The van der Waals surface area contributed by atoms with Crippen LogP contribution in [0.25, 0.3) is 0 Å². The first kappa shape index (κ1) is 13.0. The number of carboxylic acid groups (broad SMARTS) is 1. The van der Waals surface area contributed by atoms with E-state index in [9.17, 15) is 9.90 Å². The minimum absolute atomic E-state index is 0.0648. The van der Waals surface area contributed by atoms with E-state index < -0.39 is 5.97 Å². The van der Waals surface area contributed by atoms with Crippen molar-refractivity contribution in [3.63, 3.8) is 0 Å². The summed E-state index contributed by atoms with van der Waals surface area (Å²) >= 11 is 0. The van der Waals surface area contributed by atoms with Crippen molar-refractivity contribution >= 4 is 5.97 Å². The summed E-state index contributed by atoms with van der Waals surface area (Å²) in [6.45, 7) is 13.4. The van der Waals surface area contributed by atoms with Crippen molar-refractivity contribution in [3.05, 3.63) is 24.3 Å². The second-order valence-corrected chi connectivity index (χ2v) is 5.52. The minimum atomic E-state index is -1.19. The lowest BCUT2D eigenvalue weighted by Crippen LogP contribution is -2.22. The highest BCUT2D eigenvalue weighted by Crippen LogP contribution is 2.58. The molecule has 0 aliphatic heterocycles. The van der Waals surface area contributed by atoms with Gasteiger partial charge in [0.1, 0.15) is 0 Å². The predicted molar refractivity (Wildman–Crippen MR) is 63.6 cm³/mol. The van der Waals surface area contributed by atoms with Gasteiger partial charge in [-0.1, -0.05) is 32.6 Å². The van der Waals surface area contributed by atoms with Gasteiger partial charge in [0.05, 0.1) is 5.97 Å². The fraction of sp³-hybridized carbons (Fsp3) is 0.643. The van der Waals surface area contributed by atoms with E-state index in [1.165, 1.54) is 31.8 Å². The van der Waals surface area contributed by atoms with E-state index in [0.29, 0.717) is 5.41 Å². The summed E-state index contributed by atoms with van der Waals surface area (Å²) in [7, 11) is 0. The lowest BCUT2D eigenvalue weighted by Gasteiger charge is -2.31. The van der Waals surface area contributed by atoms with Crippen molar-refractivity contribution in [2.24, 2.45) is 17.3 Å². The quantitative estimate of drug-likeness (QED) is 0.503. The molecule has 0 amide bonds. The highest BCUT2D eigenvalue weighted by atomic mass is 16.4. The average Bonchev–Trinajstić information content (AvgIpc) is 2.71. The van der Waals surface area contributed by atoms with Crippen LogP contribution in [0.5, 0.6) is 0 Å². The Morgan fingerprint density at radius 2 is 1.94 bits per heavy atom.